The van der Waals surface area contributed by atoms with Gasteiger partial charge in [-0.05, 0) is 0 Å². The van der Waals surface area contributed by atoms with E-state index in [0.29, 0.717) is 0 Å². The largest absolute Gasteiger partial charge is 0.394 e. The molecule has 12 heavy (non-hydrogen) atoms. The van der Waals surface area contributed by atoms with Crippen LogP contribution in [0, 0.1) is 0 Å². The Morgan fingerprint density at radius 1 is 1.17 bits per heavy atom. The minimum Gasteiger partial charge on any atom is -0.394 e. The van der Waals surface area contributed by atoms with Gasteiger partial charge in [0.05, 0.1) is 12.6 Å². The Balaban J connectivity index is 2.63. The lowest BCUT2D eigenvalue weighted by Gasteiger charge is -2.38. The van der Waals surface area contributed by atoms with Crippen LogP contribution in [0.2, 0.25) is 0 Å². The summed E-state index contributed by atoms with van der Waals surface area (Å²) in [6.07, 6.45) is -4.85. The Morgan fingerprint density at radius 3 is 2.25 bits per heavy atom. The average Bonchev–Trinajstić information content (AvgIpc) is 2.08. The van der Waals surface area contributed by atoms with E-state index in [4.69, 9.17) is 20.7 Å². The van der Waals surface area contributed by atoms with Crippen molar-refractivity contribution in [3.63, 3.8) is 0 Å². The molecule has 6 N–H and O–H groups in total. The maximum absolute atomic E-state index is 9.20. The van der Waals surface area contributed by atoms with E-state index >= 15 is 0 Å². The van der Waals surface area contributed by atoms with E-state index in [0.717, 1.165) is 0 Å². The highest BCUT2D eigenvalue weighted by Gasteiger charge is 2.41. The molecule has 6 heteroatoms. The zero-order chi connectivity index (χ0) is 9.30. The Morgan fingerprint density at radius 2 is 1.75 bits per heavy atom. The molecule has 0 spiro atoms. The number of nitrogens with two attached hydrogens (primary N) is 1. The number of rotatable bonds is 1. The van der Waals surface area contributed by atoms with Crippen molar-refractivity contribution in [3.8, 4) is 0 Å². The molecule has 0 bridgehead atoms. The molecule has 1 aliphatic heterocycles. The highest BCUT2D eigenvalue weighted by molar-refractivity contribution is 4.90. The number of aliphatic hydroxyl groups excluding tert-OH is 4. The second-order valence-electron chi connectivity index (χ2n) is 2.81. The van der Waals surface area contributed by atoms with Gasteiger partial charge in [0.15, 0.2) is 6.29 Å². The van der Waals surface area contributed by atoms with Crippen molar-refractivity contribution < 1.29 is 25.2 Å². The second kappa shape index (κ2) is 3.65. The number of aliphatic hydroxyl groups is 4. The summed E-state index contributed by atoms with van der Waals surface area (Å²) in [6, 6.07) is -1.04. The molecular weight excluding hydrogens is 166 g/mol. The molecule has 0 aromatic rings. The van der Waals surface area contributed by atoms with Crippen LogP contribution in [0.3, 0.4) is 0 Å². The fourth-order valence-corrected chi connectivity index (χ4v) is 1.12. The van der Waals surface area contributed by atoms with Gasteiger partial charge < -0.3 is 30.9 Å². The Hall–Kier alpha value is -0.240. The summed E-state index contributed by atoms with van der Waals surface area (Å²) in [5.74, 6) is 0. The van der Waals surface area contributed by atoms with Crippen LogP contribution in [0.15, 0.2) is 0 Å². The molecular formula is C6H13NO5. The van der Waals surface area contributed by atoms with Crippen LogP contribution in [0.4, 0.5) is 0 Å². The van der Waals surface area contributed by atoms with Crippen LogP contribution in [0.25, 0.3) is 0 Å². The molecule has 1 heterocycles. The molecule has 72 valence electrons. The van der Waals surface area contributed by atoms with Crippen molar-refractivity contribution in [1.82, 2.24) is 0 Å². The van der Waals surface area contributed by atoms with E-state index in [1.54, 1.807) is 0 Å². The molecule has 6 nitrogen and oxygen atoms in total. The third-order valence-corrected chi connectivity index (χ3v) is 1.95. The third-order valence-electron chi connectivity index (χ3n) is 1.95. The fourth-order valence-electron chi connectivity index (χ4n) is 1.12. The predicted octanol–water partition coefficient (Wildman–Crippen LogP) is -3.25. The summed E-state index contributed by atoms with van der Waals surface area (Å²) in [7, 11) is 0. The molecule has 0 aromatic heterocycles. The van der Waals surface area contributed by atoms with Gasteiger partial charge in [0.25, 0.3) is 0 Å². The highest BCUT2D eigenvalue weighted by atomic mass is 16.6. The summed E-state index contributed by atoms with van der Waals surface area (Å²) in [6.45, 7) is -0.470. The smallest absolute Gasteiger partial charge is 0.173 e. The molecule has 1 fully saturated rings. The Labute approximate surface area is 69.2 Å². The Kier molecular flexibility index (Phi) is 2.99. The van der Waals surface area contributed by atoms with Gasteiger partial charge in [0, 0.05) is 0 Å². The molecule has 0 aromatic carbocycles. The summed E-state index contributed by atoms with van der Waals surface area (Å²) >= 11 is 0. The first-order valence-electron chi connectivity index (χ1n) is 3.64. The van der Waals surface area contributed by atoms with Gasteiger partial charge in [-0.2, -0.15) is 0 Å². The van der Waals surface area contributed by atoms with Crippen molar-refractivity contribution in [3.05, 3.63) is 0 Å². The van der Waals surface area contributed by atoms with Crippen LogP contribution in [-0.4, -0.2) is 57.7 Å². The first-order valence-corrected chi connectivity index (χ1v) is 3.64. The monoisotopic (exact) mass is 179 g/mol. The van der Waals surface area contributed by atoms with Crippen molar-refractivity contribution in [2.75, 3.05) is 6.61 Å². The SMILES string of the molecule is N[C@@H]1C(O)OC(CO)[C@@H](O)C1O. The molecule has 0 amide bonds. The highest BCUT2D eigenvalue weighted by Crippen LogP contribution is 2.17. The van der Waals surface area contributed by atoms with Gasteiger partial charge in [0.2, 0.25) is 0 Å². The van der Waals surface area contributed by atoms with E-state index in [9.17, 15) is 10.2 Å². The zero-order valence-corrected chi connectivity index (χ0v) is 6.37. The third kappa shape index (κ3) is 1.58. The molecule has 3 unspecified atom stereocenters. The quantitative estimate of drug-likeness (QED) is 0.288. The van der Waals surface area contributed by atoms with E-state index in [1.165, 1.54) is 0 Å². The summed E-state index contributed by atoms with van der Waals surface area (Å²) in [4.78, 5) is 0. The number of hydrogen-bond donors (Lipinski definition) is 5. The van der Waals surface area contributed by atoms with Crippen molar-refractivity contribution in [2.24, 2.45) is 5.73 Å². The maximum Gasteiger partial charge on any atom is 0.173 e. The normalized spacial score (nSPS) is 49.2. The number of ether oxygens (including phenoxy) is 1. The van der Waals surface area contributed by atoms with E-state index in [-0.39, 0.29) is 0 Å². The lowest BCUT2D eigenvalue weighted by atomic mass is 9.98. The Bertz CT molecular complexity index is 150. The minimum absolute atomic E-state index is 0.470. The van der Waals surface area contributed by atoms with Crippen LogP contribution in [0.5, 0.6) is 0 Å². The first kappa shape index (κ1) is 9.85. The first-order chi connectivity index (χ1) is 5.57. The molecule has 1 rings (SSSR count). The van der Waals surface area contributed by atoms with Gasteiger partial charge in [-0.25, -0.2) is 0 Å². The van der Waals surface area contributed by atoms with E-state index in [1.807, 2.05) is 0 Å². The lowest BCUT2D eigenvalue weighted by molar-refractivity contribution is -0.248. The van der Waals surface area contributed by atoms with Crippen molar-refractivity contribution in [1.29, 1.82) is 0 Å². The van der Waals surface area contributed by atoms with Gasteiger partial charge in [-0.1, -0.05) is 0 Å². The van der Waals surface area contributed by atoms with Crippen LogP contribution in [-0.2, 0) is 4.74 Å². The van der Waals surface area contributed by atoms with Gasteiger partial charge in [-0.3, -0.25) is 0 Å². The minimum atomic E-state index is -1.35. The van der Waals surface area contributed by atoms with Gasteiger partial charge >= 0.3 is 0 Å². The fraction of sp³-hybridized carbons (Fsp3) is 1.00. The summed E-state index contributed by atoms with van der Waals surface area (Å²) < 4.78 is 4.70. The van der Waals surface area contributed by atoms with Crippen molar-refractivity contribution in [2.45, 2.75) is 30.6 Å². The molecule has 0 saturated carbocycles. The van der Waals surface area contributed by atoms with Gasteiger partial charge in [-0.15, -0.1) is 0 Å². The molecule has 1 aliphatic rings. The second-order valence-corrected chi connectivity index (χ2v) is 2.81. The molecule has 5 atom stereocenters. The molecule has 0 aliphatic carbocycles. The number of hydrogen-bond acceptors (Lipinski definition) is 6. The zero-order valence-electron chi connectivity index (χ0n) is 6.37. The van der Waals surface area contributed by atoms with E-state index in [2.05, 4.69) is 0 Å². The molecule has 0 radical (unpaired) electrons. The van der Waals surface area contributed by atoms with Crippen LogP contribution < -0.4 is 5.73 Å². The van der Waals surface area contributed by atoms with E-state index < -0.39 is 37.3 Å². The van der Waals surface area contributed by atoms with Gasteiger partial charge in [0.1, 0.15) is 18.3 Å². The topological polar surface area (TPSA) is 116 Å². The summed E-state index contributed by atoms with van der Waals surface area (Å²) in [5, 5.41) is 36.1. The standard InChI is InChI=1S/C6H13NO5/c7-3-5(10)4(9)2(1-8)12-6(3)11/h2-6,8-11H,1,7H2/t2?,3-,4+,5?,6?/m0/s1. The lowest BCUT2D eigenvalue weighted by Crippen LogP contribution is -2.61. The molecule has 1 saturated heterocycles. The average molecular weight is 179 g/mol. The maximum atomic E-state index is 9.20. The van der Waals surface area contributed by atoms with Crippen LogP contribution in [0.1, 0.15) is 0 Å². The predicted molar refractivity (Wildman–Crippen MR) is 38.0 cm³/mol. The van der Waals surface area contributed by atoms with Crippen molar-refractivity contribution >= 4 is 0 Å². The van der Waals surface area contributed by atoms with Crippen LogP contribution >= 0.6 is 0 Å². The summed E-state index contributed by atoms with van der Waals surface area (Å²) in [5.41, 5.74) is 5.26.